The lowest BCUT2D eigenvalue weighted by molar-refractivity contribution is -0.292. The van der Waals surface area contributed by atoms with Crippen LogP contribution < -0.4 is 0 Å². The van der Waals surface area contributed by atoms with Gasteiger partial charge in [-0.05, 0) is 6.42 Å². The van der Waals surface area contributed by atoms with Crippen LogP contribution in [0.2, 0.25) is 0 Å². The maximum atomic E-state index is 11.9. The van der Waals surface area contributed by atoms with Crippen LogP contribution in [0.5, 0.6) is 0 Å². The topological polar surface area (TPSA) is 116 Å². The molecule has 7 heteroatoms. The van der Waals surface area contributed by atoms with Crippen LogP contribution in [0.3, 0.4) is 0 Å². The summed E-state index contributed by atoms with van der Waals surface area (Å²) in [7, 11) is 0. The fraction of sp³-hybridized carbons (Fsp3) is 0.952. The lowest BCUT2D eigenvalue weighted by Crippen LogP contribution is -2.59. The number of esters is 1. The van der Waals surface area contributed by atoms with E-state index in [0.717, 1.165) is 12.8 Å². The van der Waals surface area contributed by atoms with Crippen LogP contribution in [0.15, 0.2) is 0 Å². The molecule has 0 spiro atoms. The number of carbonyl (C=O) groups is 1. The fourth-order valence-electron chi connectivity index (χ4n) is 3.46. The summed E-state index contributed by atoms with van der Waals surface area (Å²) in [4.78, 5) is 11.9. The molecular formula is C21H40O7. The maximum absolute atomic E-state index is 11.9. The van der Waals surface area contributed by atoms with Crippen molar-refractivity contribution in [2.24, 2.45) is 0 Å². The van der Waals surface area contributed by atoms with Gasteiger partial charge in [0.1, 0.15) is 24.4 Å². The Morgan fingerprint density at radius 1 is 0.786 bits per heavy atom. The fourth-order valence-corrected chi connectivity index (χ4v) is 3.46. The molecule has 1 fully saturated rings. The summed E-state index contributed by atoms with van der Waals surface area (Å²) in [5, 5.41) is 38.4. The van der Waals surface area contributed by atoms with Gasteiger partial charge >= 0.3 is 5.97 Å². The van der Waals surface area contributed by atoms with Gasteiger partial charge in [0, 0.05) is 6.42 Å². The van der Waals surface area contributed by atoms with Crippen molar-refractivity contribution in [2.45, 2.75) is 121 Å². The molecule has 0 radical (unpaired) electrons. The van der Waals surface area contributed by atoms with E-state index in [-0.39, 0.29) is 6.42 Å². The molecule has 1 saturated heterocycles. The Hall–Kier alpha value is -0.730. The van der Waals surface area contributed by atoms with E-state index in [1.54, 1.807) is 0 Å². The number of ether oxygens (including phenoxy) is 2. The Labute approximate surface area is 169 Å². The predicted octanol–water partition coefficient (Wildman–Crippen LogP) is 2.42. The highest BCUT2D eigenvalue weighted by Gasteiger charge is 2.45. The zero-order valence-corrected chi connectivity index (χ0v) is 17.3. The Morgan fingerprint density at radius 2 is 1.29 bits per heavy atom. The standard InChI is InChI=1S/C21H40O7/c1-2-3-4-5-6-7-8-9-10-11-12-13-14-17(23)28-21-20(26)19(25)18(24)16(15-22)27-21/h16,18-22,24-26H,2-15H2,1H3. The SMILES string of the molecule is CCCCCCCCCCCCCCC(=O)OC1OC(CO)C(O)C(O)C1O. The second kappa shape index (κ2) is 15.2. The van der Waals surface area contributed by atoms with Gasteiger partial charge < -0.3 is 29.9 Å². The Balaban J connectivity index is 2.03. The third-order valence-corrected chi connectivity index (χ3v) is 5.33. The molecule has 0 aliphatic carbocycles. The molecule has 1 aliphatic rings. The number of carbonyl (C=O) groups excluding carboxylic acids is 1. The molecule has 1 rings (SSSR count). The van der Waals surface area contributed by atoms with E-state index in [1.165, 1.54) is 57.8 Å². The second-order valence-corrected chi connectivity index (χ2v) is 7.83. The zero-order valence-electron chi connectivity index (χ0n) is 17.3. The van der Waals surface area contributed by atoms with Gasteiger partial charge in [0.2, 0.25) is 6.29 Å². The van der Waals surface area contributed by atoms with Crippen LogP contribution in [0.4, 0.5) is 0 Å². The summed E-state index contributed by atoms with van der Waals surface area (Å²) >= 11 is 0. The highest BCUT2D eigenvalue weighted by atomic mass is 16.7. The zero-order chi connectivity index (χ0) is 20.8. The van der Waals surface area contributed by atoms with Crippen molar-refractivity contribution in [3.05, 3.63) is 0 Å². The highest BCUT2D eigenvalue weighted by Crippen LogP contribution is 2.22. The molecule has 166 valence electrons. The lowest BCUT2D eigenvalue weighted by Gasteiger charge is -2.39. The van der Waals surface area contributed by atoms with E-state index in [1.807, 2.05) is 0 Å². The van der Waals surface area contributed by atoms with E-state index in [0.29, 0.717) is 6.42 Å². The number of unbranched alkanes of at least 4 members (excludes halogenated alkanes) is 11. The van der Waals surface area contributed by atoms with E-state index < -0.39 is 43.3 Å². The number of hydrogen-bond acceptors (Lipinski definition) is 7. The number of hydrogen-bond donors (Lipinski definition) is 4. The summed E-state index contributed by atoms with van der Waals surface area (Å²) in [5.41, 5.74) is 0. The van der Waals surface area contributed by atoms with Crippen LogP contribution in [0.25, 0.3) is 0 Å². The molecular weight excluding hydrogens is 364 g/mol. The number of rotatable bonds is 15. The summed E-state index contributed by atoms with van der Waals surface area (Å²) < 4.78 is 10.2. The Bertz CT molecular complexity index is 402. The van der Waals surface area contributed by atoms with E-state index in [4.69, 9.17) is 14.6 Å². The van der Waals surface area contributed by atoms with Gasteiger partial charge in [0.25, 0.3) is 0 Å². The minimum Gasteiger partial charge on any atom is -0.433 e. The Kier molecular flexibility index (Phi) is 13.7. The highest BCUT2D eigenvalue weighted by molar-refractivity contribution is 5.69. The van der Waals surface area contributed by atoms with Crippen LogP contribution in [0.1, 0.15) is 90.4 Å². The average Bonchev–Trinajstić information content (AvgIpc) is 2.69. The van der Waals surface area contributed by atoms with E-state index in [2.05, 4.69) is 6.92 Å². The molecule has 1 aliphatic heterocycles. The van der Waals surface area contributed by atoms with Crippen LogP contribution in [-0.2, 0) is 14.3 Å². The first-order chi connectivity index (χ1) is 13.5. The Morgan fingerprint density at radius 3 is 1.79 bits per heavy atom. The molecule has 0 aromatic heterocycles. The summed E-state index contributed by atoms with van der Waals surface area (Å²) in [6.07, 6.45) is 7.68. The molecule has 0 amide bonds. The van der Waals surface area contributed by atoms with Crippen LogP contribution >= 0.6 is 0 Å². The summed E-state index contributed by atoms with van der Waals surface area (Å²) in [5.74, 6) is -0.517. The van der Waals surface area contributed by atoms with E-state index in [9.17, 15) is 20.1 Å². The van der Waals surface area contributed by atoms with Gasteiger partial charge in [-0.15, -0.1) is 0 Å². The second-order valence-electron chi connectivity index (χ2n) is 7.83. The largest absolute Gasteiger partial charge is 0.433 e. The molecule has 0 aromatic carbocycles. The van der Waals surface area contributed by atoms with Gasteiger partial charge in [-0.3, -0.25) is 4.79 Å². The first-order valence-corrected chi connectivity index (χ1v) is 11.0. The van der Waals surface area contributed by atoms with Gasteiger partial charge in [0.15, 0.2) is 0 Å². The third kappa shape index (κ3) is 9.65. The van der Waals surface area contributed by atoms with Gasteiger partial charge in [-0.1, -0.05) is 77.6 Å². The summed E-state index contributed by atoms with van der Waals surface area (Å²) in [6.45, 7) is 1.69. The van der Waals surface area contributed by atoms with Crippen molar-refractivity contribution < 1.29 is 34.7 Å². The van der Waals surface area contributed by atoms with Crippen molar-refractivity contribution in [3.63, 3.8) is 0 Å². The van der Waals surface area contributed by atoms with E-state index >= 15 is 0 Å². The van der Waals surface area contributed by atoms with Crippen molar-refractivity contribution >= 4 is 5.97 Å². The third-order valence-electron chi connectivity index (χ3n) is 5.33. The lowest BCUT2D eigenvalue weighted by atomic mass is 9.99. The summed E-state index contributed by atoms with van der Waals surface area (Å²) in [6, 6.07) is 0. The van der Waals surface area contributed by atoms with Crippen LogP contribution in [0, 0.1) is 0 Å². The number of aliphatic hydroxyl groups excluding tert-OH is 4. The number of aliphatic hydroxyl groups is 4. The van der Waals surface area contributed by atoms with Crippen molar-refractivity contribution in [1.82, 2.24) is 0 Å². The smallest absolute Gasteiger partial charge is 0.308 e. The molecule has 1 heterocycles. The van der Waals surface area contributed by atoms with Gasteiger partial charge in [-0.25, -0.2) is 0 Å². The molecule has 5 atom stereocenters. The van der Waals surface area contributed by atoms with Crippen molar-refractivity contribution in [2.75, 3.05) is 6.61 Å². The molecule has 0 aromatic rings. The minimum absolute atomic E-state index is 0.215. The molecule has 4 N–H and O–H groups in total. The molecule has 0 saturated carbocycles. The minimum atomic E-state index is -1.54. The van der Waals surface area contributed by atoms with Gasteiger partial charge in [0.05, 0.1) is 6.61 Å². The molecule has 7 nitrogen and oxygen atoms in total. The molecule has 0 bridgehead atoms. The molecule has 28 heavy (non-hydrogen) atoms. The average molecular weight is 405 g/mol. The molecule has 5 unspecified atom stereocenters. The monoisotopic (exact) mass is 404 g/mol. The van der Waals surface area contributed by atoms with Crippen LogP contribution in [-0.4, -0.2) is 63.7 Å². The predicted molar refractivity (Wildman–Crippen MR) is 106 cm³/mol. The van der Waals surface area contributed by atoms with Gasteiger partial charge in [-0.2, -0.15) is 0 Å². The first-order valence-electron chi connectivity index (χ1n) is 11.0. The van der Waals surface area contributed by atoms with Crippen molar-refractivity contribution in [3.8, 4) is 0 Å². The normalized spacial score (nSPS) is 27.7. The first kappa shape index (κ1) is 25.3. The maximum Gasteiger partial charge on any atom is 0.308 e. The quantitative estimate of drug-likeness (QED) is 0.245. The van der Waals surface area contributed by atoms with Crippen molar-refractivity contribution in [1.29, 1.82) is 0 Å².